The van der Waals surface area contributed by atoms with Gasteiger partial charge in [0.25, 0.3) is 0 Å². The van der Waals surface area contributed by atoms with Crippen LogP contribution in [-0.2, 0) is 0 Å². The van der Waals surface area contributed by atoms with Gasteiger partial charge in [0.05, 0.1) is 13.2 Å². The molecule has 18 heavy (non-hydrogen) atoms. The second-order valence-corrected chi connectivity index (χ2v) is 6.48. The van der Waals surface area contributed by atoms with E-state index in [-0.39, 0.29) is 10.8 Å². The predicted octanol–water partition coefficient (Wildman–Crippen LogP) is 3.03. The monoisotopic (exact) mass is 266 g/mol. The van der Waals surface area contributed by atoms with Crippen molar-refractivity contribution in [3.8, 4) is 5.75 Å². The maximum Gasteiger partial charge on any atom is 0.142 e. The molecule has 1 saturated heterocycles. The lowest BCUT2D eigenvalue weighted by Crippen LogP contribution is -2.38. The molecule has 2 rings (SSSR count). The van der Waals surface area contributed by atoms with Crippen LogP contribution in [0.2, 0.25) is 0 Å². The summed E-state index contributed by atoms with van der Waals surface area (Å²) >= 11 is 2.05. The summed E-state index contributed by atoms with van der Waals surface area (Å²) in [5.41, 5.74) is 1.04. The zero-order valence-electron chi connectivity index (χ0n) is 11.4. The highest BCUT2D eigenvalue weighted by molar-refractivity contribution is 8.00. The van der Waals surface area contributed by atoms with Gasteiger partial charge in [-0.3, -0.25) is 4.98 Å². The second-order valence-electron chi connectivity index (χ2n) is 4.85. The number of rotatable bonds is 5. The van der Waals surface area contributed by atoms with Crippen molar-refractivity contribution in [3.05, 3.63) is 24.0 Å². The third-order valence-electron chi connectivity index (χ3n) is 3.56. The van der Waals surface area contributed by atoms with E-state index in [0.717, 1.165) is 18.0 Å². The fourth-order valence-corrected chi connectivity index (χ4v) is 4.03. The molecule has 0 radical (unpaired) electrons. The first-order chi connectivity index (χ1) is 8.71. The summed E-state index contributed by atoms with van der Waals surface area (Å²) in [6.45, 7) is 5.43. The maximum absolute atomic E-state index is 5.47. The zero-order chi connectivity index (χ0) is 13.0. The van der Waals surface area contributed by atoms with Crippen LogP contribution >= 0.6 is 11.8 Å². The van der Waals surface area contributed by atoms with Crippen LogP contribution in [0, 0.1) is 0 Å². The highest BCUT2D eigenvalue weighted by Gasteiger charge is 2.40. The van der Waals surface area contributed by atoms with Crippen LogP contribution in [0.15, 0.2) is 18.3 Å². The molecule has 1 aromatic heterocycles. The molecule has 0 amide bonds. The maximum atomic E-state index is 5.47. The number of methoxy groups -OCH3 is 1. The van der Waals surface area contributed by atoms with E-state index in [4.69, 9.17) is 4.74 Å². The van der Waals surface area contributed by atoms with Gasteiger partial charge in [-0.05, 0) is 44.2 Å². The number of ether oxygens (including phenoxy) is 1. The number of nitrogens with one attached hydrogen (secondary N) is 1. The van der Waals surface area contributed by atoms with Gasteiger partial charge in [0.1, 0.15) is 11.4 Å². The average molecular weight is 266 g/mol. The van der Waals surface area contributed by atoms with Crippen molar-refractivity contribution in [1.29, 1.82) is 0 Å². The van der Waals surface area contributed by atoms with Crippen molar-refractivity contribution in [2.24, 2.45) is 0 Å². The molecule has 0 saturated carbocycles. The van der Waals surface area contributed by atoms with E-state index in [0.29, 0.717) is 0 Å². The number of thioether (sulfide) groups is 1. The van der Waals surface area contributed by atoms with Crippen molar-refractivity contribution < 1.29 is 4.74 Å². The summed E-state index contributed by atoms with van der Waals surface area (Å²) in [5.74, 6) is 2.13. The van der Waals surface area contributed by atoms with Crippen molar-refractivity contribution in [2.75, 3.05) is 19.4 Å². The number of aromatic nitrogens is 1. The van der Waals surface area contributed by atoms with Gasteiger partial charge >= 0.3 is 0 Å². The third-order valence-corrected chi connectivity index (χ3v) is 5.15. The van der Waals surface area contributed by atoms with Gasteiger partial charge in [0, 0.05) is 10.9 Å². The van der Waals surface area contributed by atoms with E-state index >= 15 is 0 Å². The number of hydrogen-bond acceptors (Lipinski definition) is 4. The molecule has 2 unspecified atom stereocenters. The smallest absolute Gasteiger partial charge is 0.142 e. The molecule has 0 aliphatic carbocycles. The van der Waals surface area contributed by atoms with Crippen molar-refractivity contribution >= 4 is 11.8 Å². The molecule has 4 heteroatoms. The minimum atomic E-state index is 0.220. The Morgan fingerprint density at radius 1 is 1.61 bits per heavy atom. The van der Waals surface area contributed by atoms with Crippen molar-refractivity contribution in [2.45, 2.75) is 37.5 Å². The highest BCUT2D eigenvalue weighted by Crippen LogP contribution is 2.47. The fourth-order valence-electron chi connectivity index (χ4n) is 2.63. The molecule has 2 heterocycles. The van der Waals surface area contributed by atoms with Crippen LogP contribution < -0.4 is 10.1 Å². The first kappa shape index (κ1) is 13.7. The van der Waals surface area contributed by atoms with Gasteiger partial charge in [-0.25, -0.2) is 0 Å². The van der Waals surface area contributed by atoms with E-state index in [1.165, 1.54) is 18.6 Å². The molecule has 0 spiro atoms. The first-order valence-corrected chi connectivity index (χ1v) is 7.56. The Balaban J connectivity index is 2.34. The summed E-state index contributed by atoms with van der Waals surface area (Å²) < 4.78 is 5.69. The molecule has 2 atom stereocenters. The number of nitrogens with zero attached hydrogens (tertiary/aromatic N) is 1. The van der Waals surface area contributed by atoms with E-state index in [1.54, 1.807) is 7.11 Å². The van der Waals surface area contributed by atoms with Gasteiger partial charge in [-0.1, -0.05) is 6.92 Å². The minimum absolute atomic E-state index is 0.220. The number of pyridine rings is 1. The molecule has 100 valence electrons. The first-order valence-electron chi connectivity index (χ1n) is 6.57. The number of hydrogen-bond donors (Lipinski definition) is 1. The van der Waals surface area contributed by atoms with Crippen molar-refractivity contribution in [3.63, 3.8) is 0 Å². The van der Waals surface area contributed by atoms with Gasteiger partial charge in [0.2, 0.25) is 0 Å². The van der Waals surface area contributed by atoms with Gasteiger partial charge in [0.15, 0.2) is 0 Å². The normalized spacial score (nSPS) is 25.1. The average Bonchev–Trinajstić information content (AvgIpc) is 2.84. The minimum Gasteiger partial charge on any atom is -0.495 e. The van der Waals surface area contributed by atoms with Gasteiger partial charge < -0.3 is 10.1 Å². The third kappa shape index (κ3) is 2.64. The summed E-state index contributed by atoms with van der Waals surface area (Å²) in [5, 5.41) is 3.59. The lowest BCUT2D eigenvalue weighted by Gasteiger charge is -2.34. The Hall–Kier alpha value is -0.740. The lowest BCUT2D eigenvalue weighted by molar-refractivity contribution is 0.368. The molecule has 1 aliphatic heterocycles. The Bertz CT molecular complexity index is 391. The van der Waals surface area contributed by atoms with Gasteiger partial charge in [-0.15, -0.1) is 0 Å². The van der Waals surface area contributed by atoms with Crippen LogP contribution in [-0.4, -0.2) is 29.1 Å². The molecular formula is C14H22N2OS. The van der Waals surface area contributed by atoms with Crippen LogP contribution in [0.3, 0.4) is 0 Å². The van der Waals surface area contributed by atoms with E-state index < -0.39 is 0 Å². The van der Waals surface area contributed by atoms with Crippen LogP contribution in [0.1, 0.15) is 38.4 Å². The Kier molecular flexibility index (Phi) is 4.51. The molecule has 1 aromatic rings. The van der Waals surface area contributed by atoms with Crippen LogP contribution in [0.25, 0.3) is 0 Å². The highest BCUT2D eigenvalue weighted by atomic mass is 32.2. The topological polar surface area (TPSA) is 34.2 Å². The second kappa shape index (κ2) is 5.93. The van der Waals surface area contributed by atoms with Gasteiger partial charge in [-0.2, -0.15) is 11.8 Å². The SMILES string of the molecule is CCNC(c1ncccc1OC)C1(C)CCCS1. The molecule has 0 bridgehead atoms. The molecule has 3 nitrogen and oxygen atoms in total. The Morgan fingerprint density at radius 2 is 2.44 bits per heavy atom. The van der Waals surface area contributed by atoms with Crippen LogP contribution in [0.5, 0.6) is 5.75 Å². The summed E-state index contributed by atoms with van der Waals surface area (Å²) in [7, 11) is 1.72. The largest absolute Gasteiger partial charge is 0.495 e. The molecule has 0 aromatic carbocycles. The summed E-state index contributed by atoms with van der Waals surface area (Å²) in [4.78, 5) is 4.56. The van der Waals surface area contributed by atoms with Crippen LogP contribution in [0.4, 0.5) is 0 Å². The standard InChI is InChI=1S/C14H22N2OS/c1-4-15-13(14(2)8-6-10-18-14)12-11(17-3)7-5-9-16-12/h5,7,9,13,15H,4,6,8,10H2,1-3H3. The zero-order valence-corrected chi connectivity index (χ0v) is 12.2. The molecule has 1 N–H and O–H groups in total. The molecule has 1 aliphatic rings. The quantitative estimate of drug-likeness (QED) is 0.888. The van der Waals surface area contributed by atoms with E-state index in [2.05, 4.69) is 24.1 Å². The summed E-state index contributed by atoms with van der Waals surface area (Å²) in [6.07, 6.45) is 4.37. The summed E-state index contributed by atoms with van der Waals surface area (Å²) in [6, 6.07) is 4.18. The lowest BCUT2D eigenvalue weighted by atomic mass is 9.92. The van der Waals surface area contributed by atoms with E-state index in [1.807, 2.05) is 30.1 Å². The predicted molar refractivity (Wildman–Crippen MR) is 77.3 cm³/mol. The van der Waals surface area contributed by atoms with Crippen molar-refractivity contribution in [1.82, 2.24) is 10.3 Å². The fraction of sp³-hybridized carbons (Fsp3) is 0.643. The Labute approximate surface area is 114 Å². The molecular weight excluding hydrogens is 244 g/mol. The Morgan fingerprint density at radius 3 is 3.06 bits per heavy atom. The van der Waals surface area contributed by atoms with E-state index in [9.17, 15) is 0 Å². The molecule has 1 fully saturated rings.